The van der Waals surface area contributed by atoms with Gasteiger partial charge in [0.25, 0.3) is 5.91 Å². The number of nitrogens with one attached hydrogen (secondary N) is 1. The molecule has 0 bridgehead atoms. The van der Waals surface area contributed by atoms with Crippen LogP contribution in [0.2, 0.25) is 0 Å². The number of nitrogens with two attached hydrogens (primary N) is 1. The van der Waals surface area contributed by atoms with E-state index in [9.17, 15) is 4.79 Å². The fourth-order valence-corrected chi connectivity index (χ4v) is 1.87. The molecule has 4 nitrogen and oxygen atoms in total. The summed E-state index contributed by atoms with van der Waals surface area (Å²) in [4.78, 5) is 11.8. The quantitative estimate of drug-likeness (QED) is 0.730. The highest BCUT2D eigenvalue weighted by Crippen LogP contribution is 2.27. The Labute approximate surface area is 83.1 Å². The molecule has 1 aromatic rings. The fraction of sp³-hybridized carbons (Fsp3) is 0.500. The number of rotatable bonds is 2. The van der Waals surface area contributed by atoms with E-state index in [0.717, 1.165) is 25.7 Å². The van der Waals surface area contributed by atoms with E-state index in [2.05, 4.69) is 5.43 Å². The van der Waals surface area contributed by atoms with Crippen LogP contribution in [0.25, 0.3) is 0 Å². The van der Waals surface area contributed by atoms with Crippen molar-refractivity contribution in [3.8, 4) is 0 Å². The predicted octanol–water partition coefficient (Wildman–Crippen LogP) is 0.830. The molecule has 14 heavy (non-hydrogen) atoms. The number of carbonyl (C=O) groups excluding carboxylic acids is 1. The lowest BCUT2D eigenvalue weighted by atomic mass is 9.99. The number of amides is 1. The third-order valence-electron chi connectivity index (χ3n) is 2.78. The summed E-state index contributed by atoms with van der Waals surface area (Å²) in [7, 11) is 0. The zero-order chi connectivity index (χ0) is 10.0. The van der Waals surface area contributed by atoms with E-state index in [1.54, 1.807) is 17.1 Å². The van der Waals surface area contributed by atoms with Crippen molar-refractivity contribution in [3.63, 3.8) is 0 Å². The van der Waals surface area contributed by atoms with E-state index in [1.165, 1.54) is 0 Å². The smallest absolute Gasteiger partial charge is 0.258 e. The molecule has 1 aliphatic rings. The maximum atomic E-state index is 11.8. The minimum atomic E-state index is -0.649. The molecule has 0 radical (unpaired) electrons. The third kappa shape index (κ3) is 1.65. The van der Waals surface area contributed by atoms with E-state index >= 15 is 0 Å². The third-order valence-corrected chi connectivity index (χ3v) is 2.78. The van der Waals surface area contributed by atoms with Crippen LogP contribution in [0.15, 0.2) is 24.5 Å². The minimum Gasteiger partial charge on any atom is -0.317 e. The first-order chi connectivity index (χ1) is 6.71. The number of hydrogen-bond donors (Lipinski definition) is 2. The van der Waals surface area contributed by atoms with Gasteiger partial charge in [0.2, 0.25) is 0 Å². The summed E-state index contributed by atoms with van der Waals surface area (Å²) in [6, 6.07) is 3.72. The van der Waals surface area contributed by atoms with E-state index < -0.39 is 5.54 Å². The first kappa shape index (κ1) is 9.27. The second-order valence-electron chi connectivity index (χ2n) is 3.89. The van der Waals surface area contributed by atoms with Gasteiger partial charge in [0, 0.05) is 12.4 Å². The van der Waals surface area contributed by atoms with Gasteiger partial charge in [0.15, 0.2) is 0 Å². The second kappa shape index (κ2) is 3.46. The molecule has 1 aliphatic carbocycles. The summed E-state index contributed by atoms with van der Waals surface area (Å²) in [5.41, 5.74) is 8.10. The van der Waals surface area contributed by atoms with Gasteiger partial charge in [0.05, 0.1) is 5.54 Å². The minimum absolute atomic E-state index is 0.0776. The molecule has 1 amide bonds. The van der Waals surface area contributed by atoms with Crippen molar-refractivity contribution < 1.29 is 4.79 Å². The van der Waals surface area contributed by atoms with Gasteiger partial charge < -0.3 is 5.73 Å². The fourth-order valence-electron chi connectivity index (χ4n) is 1.87. The molecule has 0 aliphatic heterocycles. The van der Waals surface area contributed by atoms with Crippen LogP contribution in [0.3, 0.4) is 0 Å². The summed E-state index contributed by atoms with van der Waals surface area (Å²) in [5, 5.41) is 0. The molecule has 4 heteroatoms. The van der Waals surface area contributed by atoms with Crippen molar-refractivity contribution in [3.05, 3.63) is 24.5 Å². The van der Waals surface area contributed by atoms with Gasteiger partial charge in [-0.2, -0.15) is 0 Å². The molecule has 0 saturated heterocycles. The Kier molecular flexibility index (Phi) is 2.29. The molecule has 76 valence electrons. The highest BCUT2D eigenvalue weighted by atomic mass is 16.2. The van der Waals surface area contributed by atoms with Gasteiger partial charge in [0.1, 0.15) is 0 Å². The van der Waals surface area contributed by atoms with Crippen molar-refractivity contribution >= 4 is 5.91 Å². The molecule has 0 spiro atoms. The molecule has 3 N–H and O–H groups in total. The molecule has 1 aromatic heterocycles. The molecule has 0 unspecified atom stereocenters. The summed E-state index contributed by atoms with van der Waals surface area (Å²) in [5.74, 6) is -0.0776. The lowest BCUT2D eigenvalue weighted by molar-refractivity contribution is -0.121. The second-order valence-corrected chi connectivity index (χ2v) is 3.89. The van der Waals surface area contributed by atoms with Crippen LogP contribution in [0, 0.1) is 0 Å². The van der Waals surface area contributed by atoms with E-state index in [0.29, 0.717) is 0 Å². The Hall–Kier alpha value is -1.29. The molecule has 1 heterocycles. The van der Waals surface area contributed by atoms with Crippen molar-refractivity contribution in [2.45, 2.75) is 31.2 Å². The largest absolute Gasteiger partial charge is 0.317 e. The lowest BCUT2D eigenvalue weighted by Crippen LogP contribution is -2.50. The highest BCUT2D eigenvalue weighted by Gasteiger charge is 2.37. The first-order valence-corrected chi connectivity index (χ1v) is 4.94. The molecule has 0 atom stereocenters. The Bertz CT molecular complexity index is 312. The molecular formula is C10H15N3O. The standard InChI is InChI=1S/C10H15N3O/c11-10(5-1-2-6-10)9(14)12-13-7-3-4-8-13/h3-4,7-8H,1-2,5-6,11H2,(H,12,14). The Balaban J connectivity index is 2.02. The van der Waals surface area contributed by atoms with Crippen LogP contribution in [-0.4, -0.2) is 16.1 Å². The summed E-state index contributed by atoms with van der Waals surface area (Å²) < 4.78 is 1.63. The topological polar surface area (TPSA) is 60.1 Å². The lowest BCUT2D eigenvalue weighted by Gasteiger charge is -2.22. The summed E-state index contributed by atoms with van der Waals surface area (Å²) in [6.07, 6.45) is 7.26. The van der Waals surface area contributed by atoms with Crippen molar-refractivity contribution in [1.82, 2.24) is 4.68 Å². The monoisotopic (exact) mass is 193 g/mol. The van der Waals surface area contributed by atoms with Gasteiger partial charge in [-0.25, -0.2) is 0 Å². The van der Waals surface area contributed by atoms with Gasteiger partial charge >= 0.3 is 0 Å². The molecule has 0 aromatic carbocycles. The number of nitrogens with zero attached hydrogens (tertiary/aromatic N) is 1. The maximum Gasteiger partial charge on any atom is 0.258 e. The van der Waals surface area contributed by atoms with Crippen LogP contribution >= 0.6 is 0 Å². The predicted molar refractivity (Wildman–Crippen MR) is 54.2 cm³/mol. The number of aromatic nitrogens is 1. The summed E-state index contributed by atoms with van der Waals surface area (Å²) in [6.45, 7) is 0. The Morgan fingerprint density at radius 2 is 1.86 bits per heavy atom. The SMILES string of the molecule is NC1(C(=O)Nn2cccc2)CCCC1. The van der Waals surface area contributed by atoms with Gasteiger partial charge in [-0.1, -0.05) is 12.8 Å². The Morgan fingerprint density at radius 3 is 2.43 bits per heavy atom. The molecular weight excluding hydrogens is 178 g/mol. The van der Waals surface area contributed by atoms with Gasteiger partial charge in [-0.3, -0.25) is 14.9 Å². The van der Waals surface area contributed by atoms with Gasteiger partial charge in [-0.15, -0.1) is 0 Å². The maximum absolute atomic E-state index is 11.8. The van der Waals surface area contributed by atoms with E-state index in [4.69, 9.17) is 5.73 Å². The zero-order valence-corrected chi connectivity index (χ0v) is 8.07. The molecule has 1 fully saturated rings. The van der Waals surface area contributed by atoms with Crippen molar-refractivity contribution in [2.24, 2.45) is 5.73 Å². The van der Waals surface area contributed by atoms with Crippen LogP contribution in [-0.2, 0) is 4.79 Å². The highest BCUT2D eigenvalue weighted by molar-refractivity contribution is 5.92. The van der Waals surface area contributed by atoms with Crippen molar-refractivity contribution in [2.75, 3.05) is 5.43 Å². The van der Waals surface area contributed by atoms with E-state index in [-0.39, 0.29) is 5.91 Å². The Morgan fingerprint density at radius 1 is 1.29 bits per heavy atom. The average molecular weight is 193 g/mol. The molecule has 2 rings (SSSR count). The number of hydrogen-bond acceptors (Lipinski definition) is 2. The van der Waals surface area contributed by atoms with Crippen LogP contribution in [0.1, 0.15) is 25.7 Å². The van der Waals surface area contributed by atoms with Gasteiger partial charge in [-0.05, 0) is 25.0 Å². The van der Waals surface area contributed by atoms with Crippen LogP contribution in [0.5, 0.6) is 0 Å². The summed E-state index contributed by atoms with van der Waals surface area (Å²) >= 11 is 0. The normalized spacial score (nSPS) is 19.5. The van der Waals surface area contributed by atoms with E-state index in [1.807, 2.05) is 12.1 Å². The number of carbonyl (C=O) groups is 1. The average Bonchev–Trinajstić information content (AvgIpc) is 2.76. The van der Waals surface area contributed by atoms with Crippen LogP contribution in [0.4, 0.5) is 0 Å². The zero-order valence-electron chi connectivity index (χ0n) is 8.07. The first-order valence-electron chi connectivity index (χ1n) is 4.94. The molecule has 1 saturated carbocycles. The van der Waals surface area contributed by atoms with Crippen molar-refractivity contribution in [1.29, 1.82) is 0 Å². The van der Waals surface area contributed by atoms with Crippen LogP contribution < -0.4 is 11.2 Å².